The van der Waals surface area contributed by atoms with Crippen LogP contribution in [0.4, 0.5) is 10.7 Å². The van der Waals surface area contributed by atoms with Crippen LogP contribution in [0, 0.1) is 17.2 Å². The topological polar surface area (TPSA) is 98.5 Å². The first-order valence-corrected chi connectivity index (χ1v) is 9.41. The molecular weight excluding hydrogens is 346 g/mol. The number of amides is 2. The molecule has 2 atom stereocenters. The average Bonchev–Trinajstić information content (AvgIpc) is 3.43. The number of rotatable bonds is 3. The molecule has 2 fully saturated rings. The van der Waals surface area contributed by atoms with Gasteiger partial charge in [-0.2, -0.15) is 10.2 Å². The van der Waals surface area contributed by atoms with E-state index in [9.17, 15) is 10.1 Å². The number of furan rings is 1. The van der Waals surface area contributed by atoms with E-state index >= 15 is 0 Å². The van der Waals surface area contributed by atoms with Crippen molar-refractivity contribution in [1.82, 2.24) is 15.2 Å². The first-order valence-electron chi connectivity index (χ1n) is 9.41. The molecule has 0 bridgehead atoms. The summed E-state index contributed by atoms with van der Waals surface area (Å²) in [5, 5.41) is 12.5. The quantitative estimate of drug-likeness (QED) is 0.893. The summed E-state index contributed by atoms with van der Waals surface area (Å²) < 4.78 is 11.1. The minimum absolute atomic E-state index is 0.00255. The van der Waals surface area contributed by atoms with Crippen molar-refractivity contribution in [3.63, 3.8) is 0 Å². The smallest absolute Gasteiger partial charge is 0.317 e. The van der Waals surface area contributed by atoms with Crippen LogP contribution in [-0.2, 0) is 0 Å². The van der Waals surface area contributed by atoms with Crippen molar-refractivity contribution in [2.24, 2.45) is 5.92 Å². The minimum atomic E-state index is 0.00255. The molecule has 2 unspecified atom stereocenters. The molecule has 1 aliphatic heterocycles. The predicted octanol–water partition coefficient (Wildman–Crippen LogP) is 2.83. The number of hydrogen-bond acceptors (Lipinski definition) is 6. The molecule has 4 rings (SSSR count). The number of nitrogens with one attached hydrogen (secondary N) is 1. The summed E-state index contributed by atoms with van der Waals surface area (Å²) in [6.45, 7) is 4.53. The van der Waals surface area contributed by atoms with Crippen molar-refractivity contribution in [3.8, 4) is 17.7 Å². The third-order valence-electron chi connectivity index (χ3n) is 5.47. The summed E-state index contributed by atoms with van der Waals surface area (Å²) >= 11 is 0. The number of piperazine rings is 1. The van der Waals surface area contributed by atoms with Crippen LogP contribution in [0.25, 0.3) is 11.7 Å². The van der Waals surface area contributed by atoms with Gasteiger partial charge in [0, 0.05) is 32.2 Å². The van der Waals surface area contributed by atoms with E-state index in [4.69, 9.17) is 8.83 Å². The Morgan fingerprint density at radius 1 is 1.33 bits per heavy atom. The maximum Gasteiger partial charge on any atom is 0.317 e. The van der Waals surface area contributed by atoms with Crippen LogP contribution in [-0.4, -0.2) is 48.1 Å². The van der Waals surface area contributed by atoms with Gasteiger partial charge in [-0.3, -0.25) is 0 Å². The number of carbonyl (C=O) groups is 1. The molecule has 0 radical (unpaired) electrons. The Morgan fingerprint density at radius 3 is 2.78 bits per heavy atom. The Labute approximate surface area is 157 Å². The highest BCUT2D eigenvalue weighted by molar-refractivity contribution is 5.75. The van der Waals surface area contributed by atoms with Crippen LogP contribution < -0.4 is 10.2 Å². The van der Waals surface area contributed by atoms with Gasteiger partial charge in [0.2, 0.25) is 11.6 Å². The van der Waals surface area contributed by atoms with Crippen molar-refractivity contribution >= 4 is 11.9 Å². The first-order chi connectivity index (χ1) is 13.2. The molecule has 2 aromatic rings. The number of aromatic nitrogens is 1. The number of urea groups is 1. The number of carbonyl (C=O) groups excluding carboxylic acids is 1. The van der Waals surface area contributed by atoms with Gasteiger partial charge in [0.25, 0.3) is 5.89 Å². The number of oxazole rings is 1. The Kier molecular flexibility index (Phi) is 4.75. The van der Waals surface area contributed by atoms with Gasteiger partial charge in [-0.15, -0.1) is 0 Å². The SMILES string of the molecule is CC1CCCC1NC(=O)N1CCN(c2oc(-c3ccco3)nc2C#N)CC1. The average molecular weight is 369 g/mol. The highest BCUT2D eigenvalue weighted by atomic mass is 16.4. The molecule has 2 aromatic heterocycles. The monoisotopic (exact) mass is 369 g/mol. The van der Waals surface area contributed by atoms with Gasteiger partial charge in [0.05, 0.1) is 6.26 Å². The van der Waals surface area contributed by atoms with Crippen molar-refractivity contribution in [2.45, 2.75) is 32.2 Å². The summed E-state index contributed by atoms with van der Waals surface area (Å²) in [6.07, 6.45) is 4.96. The van der Waals surface area contributed by atoms with Gasteiger partial charge in [-0.25, -0.2) is 4.79 Å². The third-order valence-corrected chi connectivity index (χ3v) is 5.47. The van der Waals surface area contributed by atoms with E-state index in [1.807, 2.05) is 9.80 Å². The Bertz CT molecular complexity index is 830. The molecular formula is C19H23N5O3. The molecule has 1 saturated heterocycles. The van der Waals surface area contributed by atoms with Crippen molar-refractivity contribution in [2.75, 3.05) is 31.1 Å². The lowest BCUT2D eigenvalue weighted by molar-refractivity contribution is 0.187. The van der Waals surface area contributed by atoms with E-state index in [0.717, 1.165) is 6.42 Å². The normalized spacial score (nSPS) is 22.7. The predicted molar refractivity (Wildman–Crippen MR) is 98.0 cm³/mol. The molecule has 8 heteroatoms. The Hall–Kier alpha value is -2.95. The molecule has 3 heterocycles. The molecule has 27 heavy (non-hydrogen) atoms. The molecule has 2 amide bonds. The molecule has 1 N–H and O–H groups in total. The van der Waals surface area contributed by atoms with Gasteiger partial charge >= 0.3 is 6.03 Å². The molecule has 1 aliphatic carbocycles. The fourth-order valence-electron chi connectivity index (χ4n) is 3.83. The third kappa shape index (κ3) is 3.50. The van der Waals surface area contributed by atoms with E-state index in [2.05, 4.69) is 23.3 Å². The van der Waals surface area contributed by atoms with Crippen LogP contribution in [0.3, 0.4) is 0 Å². The zero-order chi connectivity index (χ0) is 18.8. The molecule has 142 valence electrons. The van der Waals surface area contributed by atoms with Crippen molar-refractivity contribution < 1.29 is 13.6 Å². The Morgan fingerprint density at radius 2 is 2.15 bits per heavy atom. The lowest BCUT2D eigenvalue weighted by Gasteiger charge is -2.35. The fourth-order valence-corrected chi connectivity index (χ4v) is 3.83. The highest BCUT2D eigenvalue weighted by Crippen LogP contribution is 2.29. The van der Waals surface area contributed by atoms with E-state index in [1.165, 1.54) is 19.1 Å². The second-order valence-electron chi connectivity index (χ2n) is 7.20. The standard InChI is InChI=1S/C19H23N5O3/c1-13-4-2-5-14(13)22-19(25)24-9-7-23(8-10-24)18-15(12-20)21-17(27-18)16-6-3-11-26-16/h3,6,11,13-14H,2,4-5,7-10H2,1H3,(H,22,25). The summed E-state index contributed by atoms with van der Waals surface area (Å²) in [6, 6.07) is 5.85. The van der Waals surface area contributed by atoms with E-state index < -0.39 is 0 Å². The van der Waals surface area contributed by atoms with Crippen molar-refractivity contribution in [1.29, 1.82) is 5.26 Å². The lowest BCUT2D eigenvalue weighted by atomic mass is 10.1. The zero-order valence-electron chi connectivity index (χ0n) is 15.4. The summed E-state index contributed by atoms with van der Waals surface area (Å²) in [7, 11) is 0. The zero-order valence-corrected chi connectivity index (χ0v) is 15.4. The molecule has 0 spiro atoms. The maximum atomic E-state index is 12.5. The second-order valence-corrected chi connectivity index (χ2v) is 7.20. The van der Waals surface area contributed by atoms with Crippen LogP contribution in [0.15, 0.2) is 27.2 Å². The van der Waals surface area contributed by atoms with E-state index in [1.54, 1.807) is 12.1 Å². The fraction of sp³-hybridized carbons (Fsp3) is 0.526. The van der Waals surface area contributed by atoms with Gasteiger partial charge in [0.1, 0.15) is 6.07 Å². The van der Waals surface area contributed by atoms with Crippen LogP contribution >= 0.6 is 0 Å². The van der Waals surface area contributed by atoms with Crippen molar-refractivity contribution in [3.05, 3.63) is 24.1 Å². The highest BCUT2D eigenvalue weighted by Gasteiger charge is 2.30. The minimum Gasteiger partial charge on any atom is -0.459 e. The summed E-state index contributed by atoms with van der Waals surface area (Å²) in [5.74, 6) is 1.76. The van der Waals surface area contributed by atoms with Gasteiger partial charge < -0.3 is 24.0 Å². The van der Waals surface area contributed by atoms with Gasteiger partial charge in [0.15, 0.2) is 5.76 Å². The van der Waals surface area contributed by atoms with Gasteiger partial charge in [-0.05, 0) is 30.9 Å². The number of hydrogen-bond donors (Lipinski definition) is 1. The number of nitrogens with zero attached hydrogens (tertiary/aromatic N) is 4. The van der Waals surface area contributed by atoms with Crippen LogP contribution in [0.2, 0.25) is 0 Å². The number of anilines is 1. The molecule has 1 saturated carbocycles. The Balaban J connectivity index is 1.39. The maximum absolute atomic E-state index is 12.5. The van der Waals surface area contributed by atoms with Crippen LogP contribution in [0.1, 0.15) is 31.9 Å². The van der Waals surface area contributed by atoms with E-state index in [0.29, 0.717) is 49.6 Å². The molecule has 8 nitrogen and oxygen atoms in total. The second kappa shape index (κ2) is 7.35. The van der Waals surface area contributed by atoms with E-state index in [-0.39, 0.29) is 17.8 Å². The largest absolute Gasteiger partial charge is 0.459 e. The summed E-state index contributed by atoms with van der Waals surface area (Å²) in [5.41, 5.74) is 0.235. The van der Waals surface area contributed by atoms with Crippen LogP contribution in [0.5, 0.6) is 0 Å². The molecule has 0 aromatic carbocycles. The van der Waals surface area contributed by atoms with Gasteiger partial charge in [-0.1, -0.05) is 13.3 Å². The molecule has 2 aliphatic rings. The first kappa shape index (κ1) is 17.5. The summed E-state index contributed by atoms with van der Waals surface area (Å²) in [4.78, 5) is 20.5. The number of nitriles is 1. The lowest BCUT2D eigenvalue weighted by Crippen LogP contribution is -2.54.